The third kappa shape index (κ3) is 3.59. The fourth-order valence-electron chi connectivity index (χ4n) is 1.34. The maximum Gasteiger partial charge on any atom is 0.319 e. The molecule has 0 radical (unpaired) electrons. The van der Waals surface area contributed by atoms with Crippen LogP contribution in [-0.2, 0) is 20.4 Å². The highest BCUT2D eigenvalue weighted by Gasteiger charge is 2.34. The van der Waals surface area contributed by atoms with Crippen LogP contribution < -0.4 is 0 Å². The SMILES string of the molecule is CC(C)C(C(=O)O)S(=O)C(C)C(=O)N(C)C. The summed E-state index contributed by atoms with van der Waals surface area (Å²) in [5.41, 5.74) is 0. The van der Waals surface area contributed by atoms with Crippen LogP contribution in [0.4, 0.5) is 0 Å². The number of carboxylic acids is 1. The quantitative estimate of drug-likeness (QED) is 0.761. The maximum atomic E-state index is 12.0. The van der Waals surface area contributed by atoms with Crippen molar-refractivity contribution in [1.82, 2.24) is 4.90 Å². The highest BCUT2D eigenvalue weighted by atomic mass is 32.2. The molecule has 0 aliphatic carbocycles. The summed E-state index contributed by atoms with van der Waals surface area (Å²) in [6, 6.07) is 0. The van der Waals surface area contributed by atoms with Crippen molar-refractivity contribution in [2.75, 3.05) is 14.1 Å². The molecule has 0 aromatic heterocycles. The smallest absolute Gasteiger partial charge is 0.319 e. The van der Waals surface area contributed by atoms with E-state index in [1.165, 1.54) is 11.8 Å². The summed E-state index contributed by atoms with van der Waals surface area (Å²) in [5.74, 6) is -1.70. The molecule has 3 atom stereocenters. The highest BCUT2D eigenvalue weighted by Crippen LogP contribution is 2.15. The van der Waals surface area contributed by atoms with E-state index in [1.54, 1.807) is 27.9 Å². The summed E-state index contributed by atoms with van der Waals surface area (Å²) in [4.78, 5) is 23.9. The van der Waals surface area contributed by atoms with Gasteiger partial charge in [-0.15, -0.1) is 0 Å². The van der Waals surface area contributed by atoms with Crippen molar-refractivity contribution in [3.8, 4) is 0 Å². The monoisotopic (exact) mass is 249 g/mol. The van der Waals surface area contributed by atoms with E-state index >= 15 is 0 Å². The van der Waals surface area contributed by atoms with E-state index in [1.807, 2.05) is 0 Å². The van der Waals surface area contributed by atoms with E-state index in [2.05, 4.69) is 0 Å². The zero-order chi connectivity index (χ0) is 13.0. The Morgan fingerprint density at radius 1 is 1.19 bits per heavy atom. The lowest BCUT2D eigenvalue weighted by atomic mass is 10.1. The Kier molecular flexibility index (Phi) is 5.64. The number of hydrogen-bond acceptors (Lipinski definition) is 3. The maximum absolute atomic E-state index is 12.0. The molecule has 0 aromatic rings. The van der Waals surface area contributed by atoms with Crippen LogP contribution in [0.1, 0.15) is 20.8 Å². The van der Waals surface area contributed by atoms with Crippen LogP contribution in [0, 0.1) is 5.92 Å². The summed E-state index contributed by atoms with van der Waals surface area (Å²) in [6.07, 6.45) is 0. The van der Waals surface area contributed by atoms with Gasteiger partial charge in [0.2, 0.25) is 5.91 Å². The van der Waals surface area contributed by atoms with E-state index in [0.29, 0.717) is 0 Å². The molecular weight excluding hydrogens is 230 g/mol. The van der Waals surface area contributed by atoms with Crippen LogP contribution in [0.25, 0.3) is 0 Å². The van der Waals surface area contributed by atoms with Crippen molar-refractivity contribution in [3.63, 3.8) is 0 Å². The molecule has 0 saturated carbocycles. The Morgan fingerprint density at radius 2 is 1.62 bits per heavy atom. The number of carbonyl (C=O) groups excluding carboxylic acids is 1. The fraction of sp³-hybridized carbons (Fsp3) is 0.800. The van der Waals surface area contributed by atoms with Crippen LogP contribution in [-0.4, -0.2) is 50.7 Å². The fourth-order valence-corrected chi connectivity index (χ4v) is 2.92. The molecule has 0 spiro atoms. The second kappa shape index (κ2) is 5.98. The first kappa shape index (κ1) is 15.1. The van der Waals surface area contributed by atoms with Crippen molar-refractivity contribution in [1.29, 1.82) is 0 Å². The lowest BCUT2D eigenvalue weighted by Gasteiger charge is -2.22. The van der Waals surface area contributed by atoms with Gasteiger partial charge in [0.15, 0.2) is 0 Å². The van der Waals surface area contributed by atoms with Gasteiger partial charge in [-0.2, -0.15) is 0 Å². The molecule has 0 fully saturated rings. The van der Waals surface area contributed by atoms with E-state index in [-0.39, 0.29) is 11.8 Å². The first-order chi connectivity index (χ1) is 7.20. The molecule has 0 aliphatic rings. The van der Waals surface area contributed by atoms with Gasteiger partial charge in [-0.3, -0.25) is 13.8 Å². The normalized spacial score (nSPS) is 16.6. The average molecular weight is 249 g/mol. The predicted molar refractivity (Wildman–Crippen MR) is 62.6 cm³/mol. The molecule has 6 heteroatoms. The standard InChI is InChI=1S/C10H19NO4S/c1-6(2)8(10(13)14)16(15)7(3)9(12)11(4)5/h6-8H,1-5H3,(H,13,14). The predicted octanol–water partition coefficient (Wildman–Crippen LogP) is 0.321. The minimum atomic E-state index is -1.70. The Morgan fingerprint density at radius 3 is 1.88 bits per heavy atom. The van der Waals surface area contributed by atoms with Crippen molar-refractivity contribution in [2.45, 2.75) is 31.3 Å². The topological polar surface area (TPSA) is 74.7 Å². The number of aliphatic carboxylic acids is 1. The largest absolute Gasteiger partial charge is 0.480 e. The summed E-state index contributed by atoms with van der Waals surface area (Å²) in [5, 5.41) is 7.17. The summed E-state index contributed by atoms with van der Waals surface area (Å²) >= 11 is 0. The third-order valence-corrected chi connectivity index (χ3v) is 4.38. The van der Waals surface area contributed by atoms with Crippen molar-refractivity contribution >= 4 is 22.7 Å². The minimum Gasteiger partial charge on any atom is -0.480 e. The number of carbonyl (C=O) groups is 2. The van der Waals surface area contributed by atoms with Gasteiger partial charge < -0.3 is 10.0 Å². The first-order valence-electron chi connectivity index (χ1n) is 5.03. The summed E-state index contributed by atoms with van der Waals surface area (Å²) < 4.78 is 12.0. The van der Waals surface area contributed by atoms with Crippen LogP contribution in [0.15, 0.2) is 0 Å². The zero-order valence-corrected chi connectivity index (χ0v) is 11.1. The van der Waals surface area contributed by atoms with Gasteiger partial charge in [-0.25, -0.2) is 0 Å². The van der Waals surface area contributed by atoms with Gasteiger partial charge >= 0.3 is 5.97 Å². The molecule has 94 valence electrons. The molecule has 16 heavy (non-hydrogen) atoms. The van der Waals surface area contributed by atoms with Gasteiger partial charge in [0.05, 0.1) is 0 Å². The van der Waals surface area contributed by atoms with Crippen LogP contribution in [0.5, 0.6) is 0 Å². The van der Waals surface area contributed by atoms with E-state index in [9.17, 15) is 13.8 Å². The molecule has 0 aliphatic heterocycles. The lowest BCUT2D eigenvalue weighted by molar-refractivity contribution is -0.137. The van der Waals surface area contributed by atoms with Gasteiger partial charge in [-0.1, -0.05) is 13.8 Å². The molecule has 0 rings (SSSR count). The molecule has 0 saturated heterocycles. The van der Waals surface area contributed by atoms with Crippen LogP contribution >= 0.6 is 0 Å². The number of amides is 1. The molecule has 0 bridgehead atoms. The van der Waals surface area contributed by atoms with Crippen LogP contribution in [0.2, 0.25) is 0 Å². The van der Waals surface area contributed by atoms with Crippen molar-refractivity contribution in [2.24, 2.45) is 5.92 Å². The molecule has 1 amide bonds. The zero-order valence-electron chi connectivity index (χ0n) is 10.3. The van der Waals surface area contributed by atoms with E-state index in [0.717, 1.165) is 0 Å². The molecule has 0 aromatic carbocycles. The lowest BCUT2D eigenvalue weighted by Crippen LogP contribution is -2.42. The Labute approximate surface area is 98.3 Å². The van der Waals surface area contributed by atoms with E-state index < -0.39 is 27.3 Å². The molecule has 1 N–H and O–H groups in total. The first-order valence-corrected chi connectivity index (χ1v) is 6.31. The van der Waals surface area contributed by atoms with Gasteiger partial charge in [0.1, 0.15) is 10.5 Å². The number of carboxylic acid groups (broad SMARTS) is 1. The minimum absolute atomic E-state index is 0.268. The van der Waals surface area contributed by atoms with Gasteiger partial charge in [-0.05, 0) is 12.8 Å². The second-order valence-electron chi connectivity index (χ2n) is 4.21. The highest BCUT2D eigenvalue weighted by molar-refractivity contribution is 7.87. The molecule has 5 nitrogen and oxygen atoms in total. The molecule has 0 heterocycles. The summed E-state index contributed by atoms with van der Waals surface area (Å²) in [6.45, 7) is 4.86. The van der Waals surface area contributed by atoms with Crippen LogP contribution in [0.3, 0.4) is 0 Å². The molecule has 3 unspecified atom stereocenters. The Hall–Kier alpha value is -0.910. The van der Waals surface area contributed by atoms with Crippen molar-refractivity contribution in [3.05, 3.63) is 0 Å². The molecular formula is C10H19NO4S. The second-order valence-corrected chi connectivity index (χ2v) is 6.08. The van der Waals surface area contributed by atoms with Crippen molar-refractivity contribution < 1.29 is 18.9 Å². The third-order valence-electron chi connectivity index (χ3n) is 2.24. The Balaban J connectivity index is 4.89. The number of rotatable bonds is 5. The Bertz CT molecular complexity index is 301. The number of nitrogens with zero attached hydrogens (tertiary/aromatic N) is 1. The van der Waals surface area contributed by atoms with E-state index in [4.69, 9.17) is 5.11 Å². The van der Waals surface area contributed by atoms with Gasteiger partial charge in [0.25, 0.3) is 0 Å². The average Bonchev–Trinajstić information content (AvgIpc) is 2.13. The summed E-state index contributed by atoms with van der Waals surface area (Å²) in [7, 11) is 1.41. The number of hydrogen-bond donors (Lipinski definition) is 1. The van der Waals surface area contributed by atoms with Gasteiger partial charge in [0, 0.05) is 24.9 Å².